The predicted octanol–water partition coefficient (Wildman–Crippen LogP) is 2.38. The molecule has 1 heterocycles. The summed E-state index contributed by atoms with van der Waals surface area (Å²) in [5.41, 5.74) is 0.720. The Morgan fingerprint density at radius 2 is 2.15 bits per heavy atom. The maximum atomic E-state index is 12.4. The fourth-order valence-corrected chi connectivity index (χ4v) is 2.46. The Balaban J connectivity index is 1.95. The molecule has 1 aliphatic rings. The van der Waals surface area contributed by atoms with Gasteiger partial charge in [0.15, 0.2) is 5.78 Å². The minimum absolute atomic E-state index is 0.133. The molecule has 4 nitrogen and oxygen atoms in total. The van der Waals surface area contributed by atoms with Crippen LogP contribution < -0.4 is 4.74 Å². The first-order valence-corrected chi connectivity index (χ1v) is 7.12. The average Bonchev–Trinajstić information content (AvgIpc) is 2.98. The van der Waals surface area contributed by atoms with Crippen LogP contribution in [0.1, 0.15) is 30.1 Å². The number of Topliss-reactive ketones (excluding diaryl/α,β-unsaturated/α-hetero) is 1. The summed E-state index contributed by atoms with van der Waals surface area (Å²) in [6.45, 7) is 3.60. The van der Waals surface area contributed by atoms with E-state index in [2.05, 4.69) is 4.90 Å². The Hall–Kier alpha value is -1.39. The molecule has 2 unspecified atom stereocenters. The van der Waals surface area contributed by atoms with Gasteiger partial charge < -0.3 is 9.47 Å². The Labute approximate surface area is 120 Å². The summed E-state index contributed by atoms with van der Waals surface area (Å²) in [4.78, 5) is 14.5. The van der Waals surface area contributed by atoms with Crippen LogP contribution in [0.5, 0.6) is 5.75 Å². The Morgan fingerprint density at radius 1 is 1.45 bits per heavy atom. The van der Waals surface area contributed by atoms with E-state index in [1.807, 2.05) is 38.2 Å². The highest BCUT2D eigenvalue weighted by Gasteiger charge is 2.24. The number of ketones is 1. The third kappa shape index (κ3) is 3.58. The minimum atomic E-state index is -0.146. The van der Waals surface area contributed by atoms with E-state index in [1.54, 1.807) is 7.11 Å². The van der Waals surface area contributed by atoms with Crippen LogP contribution in [0.4, 0.5) is 0 Å². The lowest BCUT2D eigenvalue weighted by atomic mass is 10.0. The van der Waals surface area contributed by atoms with E-state index in [9.17, 15) is 4.79 Å². The van der Waals surface area contributed by atoms with Crippen molar-refractivity contribution < 1.29 is 14.3 Å². The molecule has 2 atom stereocenters. The SMILES string of the molecule is COc1ccc(C(=O)C(C)N(C)CC2CCCO2)cc1. The van der Waals surface area contributed by atoms with Crippen LogP contribution in [0.15, 0.2) is 24.3 Å². The summed E-state index contributed by atoms with van der Waals surface area (Å²) in [7, 11) is 3.60. The summed E-state index contributed by atoms with van der Waals surface area (Å²) in [6.07, 6.45) is 2.48. The summed E-state index contributed by atoms with van der Waals surface area (Å²) >= 11 is 0. The van der Waals surface area contributed by atoms with Gasteiger partial charge >= 0.3 is 0 Å². The van der Waals surface area contributed by atoms with Crippen LogP contribution in [0.2, 0.25) is 0 Å². The van der Waals surface area contributed by atoms with Crippen molar-refractivity contribution in [3.63, 3.8) is 0 Å². The third-order valence-corrected chi connectivity index (χ3v) is 3.93. The number of hydrogen-bond acceptors (Lipinski definition) is 4. The fourth-order valence-electron chi connectivity index (χ4n) is 2.46. The smallest absolute Gasteiger partial charge is 0.179 e. The predicted molar refractivity (Wildman–Crippen MR) is 78.4 cm³/mol. The van der Waals surface area contributed by atoms with Gasteiger partial charge in [-0.3, -0.25) is 9.69 Å². The van der Waals surface area contributed by atoms with Gasteiger partial charge in [-0.25, -0.2) is 0 Å². The molecule has 2 rings (SSSR count). The van der Waals surface area contributed by atoms with E-state index in [4.69, 9.17) is 9.47 Å². The zero-order valence-corrected chi connectivity index (χ0v) is 12.5. The number of carbonyl (C=O) groups excluding carboxylic acids is 1. The monoisotopic (exact) mass is 277 g/mol. The Morgan fingerprint density at radius 3 is 2.70 bits per heavy atom. The first-order valence-electron chi connectivity index (χ1n) is 7.12. The molecule has 0 N–H and O–H groups in total. The van der Waals surface area contributed by atoms with Crippen molar-refractivity contribution in [2.24, 2.45) is 0 Å². The highest BCUT2D eigenvalue weighted by Crippen LogP contribution is 2.17. The molecule has 0 aliphatic carbocycles. The van der Waals surface area contributed by atoms with E-state index in [0.717, 1.165) is 37.3 Å². The molecule has 1 fully saturated rings. The van der Waals surface area contributed by atoms with Crippen molar-refractivity contribution in [3.05, 3.63) is 29.8 Å². The van der Waals surface area contributed by atoms with E-state index in [-0.39, 0.29) is 17.9 Å². The van der Waals surface area contributed by atoms with Gasteiger partial charge in [-0.2, -0.15) is 0 Å². The van der Waals surface area contributed by atoms with Crippen molar-refractivity contribution in [1.29, 1.82) is 0 Å². The van der Waals surface area contributed by atoms with Gasteiger partial charge in [-0.1, -0.05) is 0 Å². The van der Waals surface area contributed by atoms with E-state index in [1.165, 1.54) is 0 Å². The van der Waals surface area contributed by atoms with Crippen molar-refractivity contribution in [3.8, 4) is 5.75 Å². The lowest BCUT2D eigenvalue weighted by molar-refractivity contribution is 0.0620. The molecule has 0 aromatic heterocycles. The number of nitrogens with zero attached hydrogens (tertiary/aromatic N) is 1. The van der Waals surface area contributed by atoms with Crippen LogP contribution in [0, 0.1) is 0 Å². The standard InChI is InChI=1S/C16H23NO3/c1-12(17(2)11-15-5-4-10-20-15)16(18)13-6-8-14(19-3)9-7-13/h6-9,12,15H,4-5,10-11H2,1-3H3. The Kier molecular flexibility index (Phi) is 5.15. The van der Waals surface area contributed by atoms with Gasteiger partial charge in [0, 0.05) is 18.7 Å². The van der Waals surface area contributed by atoms with Crippen molar-refractivity contribution in [2.45, 2.75) is 31.9 Å². The summed E-state index contributed by atoms with van der Waals surface area (Å²) in [6, 6.07) is 7.13. The number of carbonyl (C=O) groups is 1. The van der Waals surface area contributed by atoms with Crippen LogP contribution in [-0.4, -0.2) is 50.1 Å². The summed E-state index contributed by atoms with van der Waals surface area (Å²) < 4.78 is 10.7. The van der Waals surface area contributed by atoms with Gasteiger partial charge in [0.25, 0.3) is 0 Å². The molecule has 0 radical (unpaired) electrons. The van der Waals surface area contributed by atoms with Crippen LogP contribution in [0.3, 0.4) is 0 Å². The maximum Gasteiger partial charge on any atom is 0.179 e. The molecule has 1 saturated heterocycles. The third-order valence-electron chi connectivity index (χ3n) is 3.93. The molecule has 0 amide bonds. The van der Waals surface area contributed by atoms with Crippen molar-refractivity contribution in [2.75, 3.05) is 27.3 Å². The van der Waals surface area contributed by atoms with E-state index < -0.39 is 0 Å². The molecule has 1 aromatic carbocycles. The minimum Gasteiger partial charge on any atom is -0.497 e. The summed E-state index contributed by atoms with van der Waals surface area (Å²) in [5.74, 6) is 0.898. The van der Waals surface area contributed by atoms with Crippen LogP contribution in [0.25, 0.3) is 0 Å². The second-order valence-corrected chi connectivity index (χ2v) is 5.34. The largest absolute Gasteiger partial charge is 0.497 e. The summed E-state index contributed by atoms with van der Waals surface area (Å²) in [5, 5.41) is 0. The van der Waals surface area contributed by atoms with Gasteiger partial charge in [-0.15, -0.1) is 0 Å². The first-order chi connectivity index (χ1) is 9.61. The molecular formula is C16H23NO3. The lowest BCUT2D eigenvalue weighted by Gasteiger charge is -2.26. The average molecular weight is 277 g/mol. The van der Waals surface area contributed by atoms with E-state index >= 15 is 0 Å². The van der Waals surface area contributed by atoms with Crippen molar-refractivity contribution in [1.82, 2.24) is 4.90 Å². The van der Waals surface area contributed by atoms with E-state index in [0.29, 0.717) is 0 Å². The molecule has 1 aromatic rings. The second-order valence-electron chi connectivity index (χ2n) is 5.34. The highest BCUT2D eigenvalue weighted by atomic mass is 16.5. The quantitative estimate of drug-likeness (QED) is 0.748. The van der Waals surface area contributed by atoms with Gasteiger partial charge in [0.2, 0.25) is 0 Å². The number of hydrogen-bond donors (Lipinski definition) is 0. The number of methoxy groups -OCH3 is 1. The van der Waals surface area contributed by atoms with Gasteiger partial charge in [-0.05, 0) is 51.1 Å². The molecular weight excluding hydrogens is 254 g/mol. The lowest BCUT2D eigenvalue weighted by Crippen LogP contribution is -2.40. The second kappa shape index (κ2) is 6.86. The van der Waals surface area contributed by atoms with Gasteiger partial charge in [0.05, 0.1) is 19.3 Å². The topological polar surface area (TPSA) is 38.8 Å². The normalized spacial score (nSPS) is 20.1. The Bertz CT molecular complexity index is 438. The van der Waals surface area contributed by atoms with Crippen LogP contribution >= 0.6 is 0 Å². The number of rotatable bonds is 6. The maximum absolute atomic E-state index is 12.4. The fraction of sp³-hybridized carbons (Fsp3) is 0.562. The molecule has 4 heteroatoms. The zero-order valence-electron chi connectivity index (χ0n) is 12.5. The number of benzene rings is 1. The molecule has 0 saturated carbocycles. The molecule has 1 aliphatic heterocycles. The number of ether oxygens (including phenoxy) is 2. The molecule has 0 spiro atoms. The zero-order chi connectivity index (χ0) is 14.5. The van der Waals surface area contributed by atoms with Crippen LogP contribution in [-0.2, 0) is 4.74 Å². The molecule has 0 bridgehead atoms. The first kappa shape index (κ1) is 15.0. The number of likely N-dealkylation sites (N-methyl/N-ethyl adjacent to an activating group) is 1. The highest BCUT2D eigenvalue weighted by molar-refractivity contribution is 5.99. The molecule has 110 valence electrons. The van der Waals surface area contributed by atoms with Crippen molar-refractivity contribution >= 4 is 5.78 Å². The molecule has 20 heavy (non-hydrogen) atoms. The van der Waals surface area contributed by atoms with Gasteiger partial charge in [0.1, 0.15) is 5.75 Å².